The fourth-order valence-electron chi connectivity index (χ4n) is 1.04. The van der Waals surface area contributed by atoms with Gasteiger partial charge in [-0.25, -0.2) is 14.6 Å². The highest BCUT2D eigenvalue weighted by Crippen LogP contribution is 2.09. The molecule has 2 aromatic heterocycles. The van der Waals surface area contributed by atoms with Gasteiger partial charge in [-0.15, -0.1) is 0 Å². The van der Waals surface area contributed by atoms with Crippen molar-refractivity contribution in [1.29, 1.82) is 0 Å². The first-order valence-electron chi connectivity index (χ1n) is 4.15. The summed E-state index contributed by atoms with van der Waals surface area (Å²) in [7, 11) is 0. The molecule has 0 amide bonds. The zero-order valence-corrected chi connectivity index (χ0v) is 8.85. The van der Waals surface area contributed by atoms with Gasteiger partial charge in [-0.1, -0.05) is 11.8 Å². The molecule has 2 heterocycles. The third-order valence-electron chi connectivity index (χ3n) is 1.63. The van der Waals surface area contributed by atoms with Gasteiger partial charge in [-0.2, -0.15) is 15.1 Å². The Morgan fingerprint density at radius 3 is 2.93 bits per heavy atom. The molecule has 8 heteroatoms. The fourth-order valence-corrected chi connectivity index (χ4v) is 1.42. The summed E-state index contributed by atoms with van der Waals surface area (Å²) in [5.74, 6) is 0.807. The largest absolute Gasteiger partial charge is 0.368 e. The van der Waals surface area contributed by atoms with Crippen LogP contribution in [0.25, 0.3) is 0 Å². The van der Waals surface area contributed by atoms with Crippen molar-refractivity contribution in [2.75, 3.05) is 12.0 Å². The second-order valence-corrected chi connectivity index (χ2v) is 3.46. The summed E-state index contributed by atoms with van der Waals surface area (Å²) in [6.45, 7) is 0.445. The molecule has 0 fully saturated rings. The molecule has 15 heavy (non-hydrogen) atoms. The van der Waals surface area contributed by atoms with E-state index in [0.29, 0.717) is 17.5 Å². The predicted octanol–water partition coefficient (Wildman–Crippen LogP) is -0.185. The van der Waals surface area contributed by atoms with E-state index in [9.17, 15) is 0 Å². The van der Waals surface area contributed by atoms with Crippen molar-refractivity contribution in [2.45, 2.75) is 11.7 Å². The maximum Gasteiger partial charge on any atom is 0.224 e. The Morgan fingerprint density at radius 1 is 1.40 bits per heavy atom. The lowest BCUT2D eigenvalue weighted by atomic mass is 10.6. The normalized spacial score (nSPS) is 10.5. The lowest BCUT2D eigenvalue weighted by Crippen LogP contribution is -2.09. The Labute approximate surface area is 90.2 Å². The summed E-state index contributed by atoms with van der Waals surface area (Å²) >= 11 is 1.42. The average Bonchev–Trinajstić information content (AvgIpc) is 2.69. The molecule has 0 aliphatic rings. The van der Waals surface area contributed by atoms with E-state index in [1.165, 1.54) is 18.1 Å². The molecule has 0 aliphatic carbocycles. The second kappa shape index (κ2) is 4.22. The molecule has 0 aromatic carbocycles. The number of hydrogen-bond donors (Lipinski definition) is 1. The minimum absolute atomic E-state index is 0.226. The van der Waals surface area contributed by atoms with Crippen molar-refractivity contribution in [3.8, 4) is 0 Å². The van der Waals surface area contributed by atoms with Crippen LogP contribution < -0.4 is 5.73 Å². The highest BCUT2D eigenvalue weighted by molar-refractivity contribution is 7.98. The van der Waals surface area contributed by atoms with Crippen LogP contribution in [-0.4, -0.2) is 36.0 Å². The highest BCUT2D eigenvalue weighted by atomic mass is 32.2. The van der Waals surface area contributed by atoms with Gasteiger partial charge in [0.15, 0.2) is 11.0 Å². The van der Waals surface area contributed by atoms with Crippen LogP contribution >= 0.6 is 11.8 Å². The Bertz CT molecular complexity index is 441. The van der Waals surface area contributed by atoms with E-state index in [2.05, 4.69) is 25.0 Å². The molecule has 7 nitrogen and oxygen atoms in total. The number of hydrogen-bond acceptors (Lipinski definition) is 7. The first kappa shape index (κ1) is 9.84. The number of nitrogens with zero attached hydrogens (tertiary/aromatic N) is 6. The van der Waals surface area contributed by atoms with Gasteiger partial charge in [0.05, 0.1) is 0 Å². The summed E-state index contributed by atoms with van der Waals surface area (Å²) in [4.78, 5) is 16.0. The van der Waals surface area contributed by atoms with E-state index in [-0.39, 0.29) is 5.95 Å². The van der Waals surface area contributed by atoms with Gasteiger partial charge in [-0.05, 0) is 6.26 Å². The Balaban J connectivity index is 2.24. The Morgan fingerprint density at radius 2 is 2.27 bits per heavy atom. The average molecular weight is 223 g/mol. The number of nitrogen functional groups attached to an aromatic ring is 1. The quantitative estimate of drug-likeness (QED) is 0.721. The Hall–Kier alpha value is -1.70. The summed E-state index contributed by atoms with van der Waals surface area (Å²) in [6, 6.07) is 0. The highest BCUT2D eigenvalue weighted by Gasteiger charge is 2.04. The molecule has 0 atom stereocenters. The molecule has 2 rings (SSSR count). The standard InChI is InChI=1S/C7H9N7S/c1-15-7-12-5(11-6(8)13-7)2-14-4-9-3-10-14/h3-4H,2H2,1H3,(H2,8,11,12,13). The molecule has 0 spiro atoms. The summed E-state index contributed by atoms with van der Waals surface area (Å²) in [5, 5.41) is 4.56. The van der Waals surface area contributed by atoms with E-state index in [1.54, 1.807) is 11.0 Å². The SMILES string of the molecule is CSc1nc(N)nc(Cn2cncn2)n1. The van der Waals surface area contributed by atoms with Crippen LogP contribution in [0.3, 0.4) is 0 Å². The van der Waals surface area contributed by atoms with Crippen molar-refractivity contribution >= 4 is 17.7 Å². The molecule has 0 saturated carbocycles. The van der Waals surface area contributed by atoms with Gasteiger partial charge in [0, 0.05) is 0 Å². The van der Waals surface area contributed by atoms with E-state index in [4.69, 9.17) is 5.73 Å². The maximum absolute atomic E-state index is 5.54. The van der Waals surface area contributed by atoms with Crippen LogP contribution in [0.1, 0.15) is 5.82 Å². The smallest absolute Gasteiger partial charge is 0.224 e. The molecular formula is C7H9N7S. The van der Waals surface area contributed by atoms with Gasteiger partial charge < -0.3 is 5.73 Å². The summed E-state index contributed by atoms with van der Waals surface area (Å²) < 4.78 is 1.62. The van der Waals surface area contributed by atoms with E-state index in [0.717, 1.165) is 0 Å². The van der Waals surface area contributed by atoms with Crippen molar-refractivity contribution in [2.24, 2.45) is 0 Å². The van der Waals surface area contributed by atoms with Gasteiger partial charge in [-0.3, -0.25) is 0 Å². The van der Waals surface area contributed by atoms with Crippen LogP contribution in [0, 0.1) is 0 Å². The number of anilines is 1. The van der Waals surface area contributed by atoms with E-state index < -0.39 is 0 Å². The fraction of sp³-hybridized carbons (Fsp3) is 0.286. The zero-order valence-electron chi connectivity index (χ0n) is 8.03. The molecule has 2 N–H and O–H groups in total. The monoisotopic (exact) mass is 223 g/mol. The van der Waals surface area contributed by atoms with E-state index in [1.807, 2.05) is 6.26 Å². The van der Waals surface area contributed by atoms with Crippen molar-refractivity contribution in [3.63, 3.8) is 0 Å². The van der Waals surface area contributed by atoms with Gasteiger partial charge in [0.2, 0.25) is 5.95 Å². The zero-order chi connectivity index (χ0) is 10.7. The number of aromatic nitrogens is 6. The molecule has 0 saturated heterocycles. The lowest BCUT2D eigenvalue weighted by molar-refractivity contribution is 0.640. The third kappa shape index (κ3) is 2.40. The van der Waals surface area contributed by atoms with Crippen LogP contribution in [0.2, 0.25) is 0 Å². The first-order chi connectivity index (χ1) is 7.28. The van der Waals surface area contributed by atoms with Crippen LogP contribution in [0.15, 0.2) is 17.8 Å². The number of rotatable bonds is 3. The number of nitrogens with two attached hydrogens (primary N) is 1. The molecule has 0 aliphatic heterocycles. The minimum Gasteiger partial charge on any atom is -0.368 e. The molecule has 0 unspecified atom stereocenters. The summed E-state index contributed by atoms with van der Waals surface area (Å²) in [6.07, 6.45) is 4.94. The van der Waals surface area contributed by atoms with Crippen molar-refractivity contribution in [3.05, 3.63) is 18.5 Å². The molecular weight excluding hydrogens is 214 g/mol. The predicted molar refractivity (Wildman–Crippen MR) is 55.1 cm³/mol. The van der Waals surface area contributed by atoms with Crippen molar-refractivity contribution < 1.29 is 0 Å². The van der Waals surface area contributed by atoms with Crippen LogP contribution in [0.5, 0.6) is 0 Å². The molecule has 0 radical (unpaired) electrons. The second-order valence-electron chi connectivity index (χ2n) is 2.69. The van der Waals surface area contributed by atoms with Gasteiger partial charge >= 0.3 is 0 Å². The van der Waals surface area contributed by atoms with Gasteiger partial charge in [0.25, 0.3) is 0 Å². The van der Waals surface area contributed by atoms with Gasteiger partial charge in [0.1, 0.15) is 19.2 Å². The Kier molecular flexibility index (Phi) is 2.77. The van der Waals surface area contributed by atoms with E-state index >= 15 is 0 Å². The van der Waals surface area contributed by atoms with Crippen LogP contribution in [0.4, 0.5) is 5.95 Å². The molecule has 78 valence electrons. The molecule has 2 aromatic rings. The van der Waals surface area contributed by atoms with Crippen LogP contribution in [-0.2, 0) is 6.54 Å². The maximum atomic E-state index is 5.54. The number of thioether (sulfide) groups is 1. The minimum atomic E-state index is 0.226. The lowest BCUT2D eigenvalue weighted by Gasteiger charge is -2.02. The topological polar surface area (TPSA) is 95.4 Å². The van der Waals surface area contributed by atoms with Crippen molar-refractivity contribution in [1.82, 2.24) is 29.7 Å². The summed E-state index contributed by atoms with van der Waals surface area (Å²) in [5.41, 5.74) is 5.54. The molecule has 0 bridgehead atoms. The first-order valence-corrected chi connectivity index (χ1v) is 5.37. The third-order valence-corrected chi connectivity index (χ3v) is 2.18.